The molecule has 0 saturated carbocycles. The zero-order valence-electron chi connectivity index (χ0n) is 9.41. The van der Waals surface area contributed by atoms with Crippen LogP contribution in [0, 0.1) is 0 Å². The van der Waals surface area contributed by atoms with E-state index < -0.39 is 17.5 Å². The molecule has 0 aliphatic rings. The monoisotopic (exact) mass is 214 g/mol. The van der Waals surface area contributed by atoms with E-state index in [-0.39, 0.29) is 0 Å². The third-order valence-electron chi connectivity index (χ3n) is 2.29. The van der Waals surface area contributed by atoms with Crippen LogP contribution in [0.1, 0.15) is 20.3 Å². The number of nitrogens with one attached hydrogen (secondary N) is 1. The van der Waals surface area contributed by atoms with Gasteiger partial charge in [0.25, 0.3) is 0 Å². The highest BCUT2D eigenvalue weighted by atomic mass is 16.4. The van der Waals surface area contributed by atoms with Gasteiger partial charge in [-0.05, 0) is 20.3 Å². The zero-order chi connectivity index (χ0) is 12.1. The van der Waals surface area contributed by atoms with Crippen LogP contribution in [0.15, 0.2) is 12.7 Å². The van der Waals surface area contributed by atoms with E-state index in [1.165, 1.54) is 25.8 Å². The Kier molecular flexibility index (Phi) is 4.84. The van der Waals surface area contributed by atoms with Crippen molar-refractivity contribution in [3.8, 4) is 0 Å². The standard InChI is InChI=1S/C10H18N2O3/c1-5-6-7-11-9(15)12(4)10(2,3)8(13)14/h5H,1,6-7H2,2-4H3,(H,11,15)(H,13,14). The number of amides is 2. The van der Waals surface area contributed by atoms with E-state index in [1.54, 1.807) is 6.08 Å². The summed E-state index contributed by atoms with van der Waals surface area (Å²) in [5.41, 5.74) is -1.21. The summed E-state index contributed by atoms with van der Waals surface area (Å²) in [6.45, 7) is 6.93. The molecule has 0 aromatic heterocycles. The van der Waals surface area contributed by atoms with Gasteiger partial charge in [0.05, 0.1) is 0 Å². The van der Waals surface area contributed by atoms with Gasteiger partial charge >= 0.3 is 12.0 Å². The summed E-state index contributed by atoms with van der Waals surface area (Å²) in [6.07, 6.45) is 2.34. The molecule has 0 aliphatic carbocycles. The first-order chi connectivity index (χ1) is 6.84. The molecular formula is C10H18N2O3. The highest BCUT2D eigenvalue weighted by Crippen LogP contribution is 2.12. The lowest BCUT2D eigenvalue weighted by Gasteiger charge is -2.31. The molecule has 2 N–H and O–H groups in total. The molecule has 5 nitrogen and oxygen atoms in total. The van der Waals surface area contributed by atoms with E-state index in [4.69, 9.17) is 5.11 Å². The minimum atomic E-state index is -1.21. The second kappa shape index (κ2) is 5.38. The highest BCUT2D eigenvalue weighted by Gasteiger charge is 2.34. The maximum absolute atomic E-state index is 11.5. The first-order valence-electron chi connectivity index (χ1n) is 4.70. The second-order valence-corrected chi connectivity index (χ2v) is 3.73. The van der Waals surface area contributed by atoms with Crippen molar-refractivity contribution in [2.24, 2.45) is 0 Å². The van der Waals surface area contributed by atoms with Crippen molar-refractivity contribution in [1.29, 1.82) is 0 Å². The average Bonchev–Trinajstić information content (AvgIpc) is 2.16. The topological polar surface area (TPSA) is 69.6 Å². The van der Waals surface area contributed by atoms with Crippen LogP contribution >= 0.6 is 0 Å². The Labute approximate surface area is 89.8 Å². The maximum Gasteiger partial charge on any atom is 0.329 e. The third-order valence-corrected chi connectivity index (χ3v) is 2.29. The van der Waals surface area contributed by atoms with Crippen molar-refractivity contribution in [3.63, 3.8) is 0 Å². The predicted molar refractivity (Wildman–Crippen MR) is 57.7 cm³/mol. The van der Waals surface area contributed by atoms with Crippen molar-refractivity contribution >= 4 is 12.0 Å². The molecule has 0 radical (unpaired) electrons. The van der Waals surface area contributed by atoms with Crippen LogP contribution in [0.3, 0.4) is 0 Å². The minimum absolute atomic E-state index is 0.399. The first kappa shape index (κ1) is 13.5. The Morgan fingerprint density at radius 1 is 1.53 bits per heavy atom. The van der Waals surface area contributed by atoms with E-state index in [9.17, 15) is 9.59 Å². The quantitative estimate of drug-likeness (QED) is 0.531. The van der Waals surface area contributed by atoms with Crippen molar-refractivity contribution < 1.29 is 14.7 Å². The number of carboxylic acid groups (broad SMARTS) is 1. The number of urea groups is 1. The van der Waals surface area contributed by atoms with E-state index >= 15 is 0 Å². The molecule has 0 aromatic carbocycles. The first-order valence-corrected chi connectivity index (χ1v) is 4.70. The van der Waals surface area contributed by atoms with Gasteiger partial charge in [0, 0.05) is 13.6 Å². The SMILES string of the molecule is C=CCCNC(=O)N(C)C(C)(C)C(=O)O. The molecule has 0 saturated heterocycles. The van der Waals surface area contributed by atoms with Crippen molar-refractivity contribution in [1.82, 2.24) is 10.2 Å². The average molecular weight is 214 g/mol. The van der Waals surface area contributed by atoms with Crippen molar-refractivity contribution in [2.75, 3.05) is 13.6 Å². The van der Waals surface area contributed by atoms with Crippen LogP contribution in [0.25, 0.3) is 0 Å². The van der Waals surface area contributed by atoms with Crippen LogP contribution < -0.4 is 5.32 Å². The summed E-state index contributed by atoms with van der Waals surface area (Å²) in [7, 11) is 1.46. The molecule has 86 valence electrons. The summed E-state index contributed by atoms with van der Waals surface area (Å²) in [5, 5.41) is 11.5. The van der Waals surface area contributed by atoms with E-state index in [0.29, 0.717) is 13.0 Å². The lowest BCUT2D eigenvalue weighted by Crippen LogP contribution is -2.54. The number of rotatable bonds is 5. The Balaban J connectivity index is 4.31. The maximum atomic E-state index is 11.5. The number of hydrogen-bond acceptors (Lipinski definition) is 2. The minimum Gasteiger partial charge on any atom is -0.480 e. The summed E-state index contributed by atoms with van der Waals surface area (Å²) in [5.74, 6) is -1.04. The molecule has 0 fully saturated rings. The van der Waals surface area contributed by atoms with Crippen LogP contribution in [0.4, 0.5) is 4.79 Å². The van der Waals surface area contributed by atoms with Crippen LogP contribution in [0.2, 0.25) is 0 Å². The number of carbonyl (C=O) groups is 2. The number of nitrogens with zero attached hydrogens (tertiary/aromatic N) is 1. The van der Waals surface area contributed by atoms with Crippen molar-refractivity contribution in [2.45, 2.75) is 25.8 Å². The fraction of sp³-hybridized carbons (Fsp3) is 0.600. The van der Waals surface area contributed by atoms with Crippen LogP contribution in [-0.4, -0.2) is 41.1 Å². The largest absolute Gasteiger partial charge is 0.480 e. The van der Waals surface area contributed by atoms with Crippen LogP contribution in [0.5, 0.6) is 0 Å². The second-order valence-electron chi connectivity index (χ2n) is 3.73. The molecule has 0 unspecified atom stereocenters. The third kappa shape index (κ3) is 3.61. The highest BCUT2D eigenvalue weighted by molar-refractivity contribution is 5.85. The van der Waals surface area contributed by atoms with Gasteiger partial charge in [-0.25, -0.2) is 9.59 Å². The molecule has 0 aromatic rings. The molecule has 5 heteroatoms. The Hall–Kier alpha value is -1.52. The summed E-state index contributed by atoms with van der Waals surface area (Å²) in [6, 6.07) is -0.399. The van der Waals surface area contributed by atoms with Gasteiger partial charge in [0.15, 0.2) is 0 Å². The number of carboxylic acids is 1. The zero-order valence-corrected chi connectivity index (χ0v) is 9.41. The predicted octanol–water partition coefficient (Wildman–Crippen LogP) is 1.07. The van der Waals surface area contributed by atoms with Gasteiger partial charge in [-0.2, -0.15) is 0 Å². The van der Waals surface area contributed by atoms with Crippen molar-refractivity contribution in [3.05, 3.63) is 12.7 Å². The Bertz CT molecular complexity index is 261. The molecule has 0 heterocycles. The van der Waals surface area contributed by atoms with E-state index in [0.717, 1.165) is 0 Å². The fourth-order valence-electron chi connectivity index (χ4n) is 0.797. The lowest BCUT2D eigenvalue weighted by atomic mass is 10.1. The van der Waals surface area contributed by atoms with Gasteiger partial charge in [-0.1, -0.05) is 6.08 Å². The Morgan fingerprint density at radius 2 is 2.07 bits per heavy atom. The molecular weight excluding hydrogens is 196 g/mol. The van der Waals surface area contributed by atoms with Gasteiger partial charge in [-0.15, -0.1) is 6.58 Å². The lowest BCUT2D eigenvalue weighted by molar-refractivity contribution is -0.146. The molecule has 0 aliphatic heterocycles. The fourth-order valence-corrected chi connectivity index (χ4v) is 0.797. The number of likely N-dealkylation sites (N-methyl/N-ethyl adjacent to an activating group) is 1. The summed E-state index contributed by atoms with van der Waals surface area (Å²) >= 11 is 0. The normalized spacial score (nSPS) is 10.6. The van der Waals surface area contributed by atoms with Gasteiger partial charge in [-0.3, -0.25) is 0 Å². The Morgan fingerprint density at radius 3 is 2.47 bits per heavy atom. The number of hydrogen-bond donors (Lipinski definition) is 2. The number of aliphatic carboxylic acids is 1. The summed E-state index contributed by atoms with van der Waals surface area (Å²) in [4.78, 5) is 23.5. The molecule has 15 heavy (non-hydrogen) atoms. The van der Waals surface area contributed by atoms with E-state index in [2.05, 4.69) is 11.9 Å². The smallest absolute Gasteiger partial charge is 0.329 e. The summed E-state index contributed by atoms with van der Waals surface area (Å²) < 4.78 is 0. The number of carbonyl (C=O) groups excluding carboxylic acids is 1. The van der Waals surface area contributed by atoms with Gasteiger partial charge < -0.3 is 15.3 Å². The van der Waals surface area contributed by atoms with Gasteiger partial charge in [0.2, 0.25) is 0 Å². The molecule has 0 spiro atoms. The molecule has 0 atom stereocenters. The van der Waals surface area contributed by atoms with E-state index in [1.807, 2.05) is 0 Å². The molecule has 0 bridgehead atoms. The molecule has 0 rings (SSSR count). The van der Waals surface area contributed by atoms with Gasteiger partial charge in [0.1, 0.15) is 5.54 Å². The molecule has 2 amide bonds. The van der Waals surface area contributed by atoms with Crippen LogP contribution in [-0.2, 0) is 4.79 Å².